The number of hydrogen-bond donors (Lipinski definition) is 3. The van der Waals surface area contributed by atoms with Crippen LogP contribution in [-0.4, -0.2) is 22.2 Å². The number of halogens is 1. The average Bonchev–Trinajstić information content (AvgIpc) is 2.28. The van der Waals surface area contributed by atoms with Gasteiger partial charge in [-0.1, -0.05) is 25.4 Å². The van der Waals surface area contributed by atoms with Crippen molar-refractivity contribution in [3.63, 3.8) is 0 Å². The van der Waals surface area contributed by atoms with Crippen LogP contribution in [0.1, 0.15) is 27.2 Å². The fourth-order valence-electron chi connectivity index (χ4n) is 2.70. The van der Waals surface area contributed by atoms with Gasteiger partial charge in [-0.2, -0.15) is 4.99 Å². The van der Waals surface area contributed by atoms with Crippen molar-refractivity contribution >= 4 is 29.2 Å². The number of nitrogens with zero attached hydrogens (tertiary/aromatic N) is 2. The standard InChI is InChI=1S/C14H20ClN5/c1-9(2)8-14(3)19-12(16)18-13(17)20(14)11-6-4-10(15)5-7-11/h4-7,9H,8H2,1-3H3,(H4,16,17,18,19)/p+1. The predicted octanol–water partition coefficient (Wildman–Crippen LogP) is 1.98. The summed E-state index contributed by atoms with van der Waals surface area (Å²) < 4.78 is 1.96. The normalized spacial score (nSPS) is 22.8. The highest BCUT2D eigenvalue weighted by Gasteiger charge is 2.39. The van der Waals surface area contributed by atoms with Gasteiger partial charge in [0.05, 0.1) is 0 Å². The second-order valence-electron chi connectivity index (χ2n) is 5.63. The van der Waals surface area contributed by atoms with Crippen LogP contribution in [-0.2, 0) is 0 Å². The van der Waals surface area contributed by atoms with Crippen molar-refractivity contribution in [3.05, 3.63) is 29.3 Å². The van der Waals surface area contributed by atoms with Gasteiger partial charge in [0.2, 0.25) is 0 Å². The largest absolute Gasteiger partial charge is 0.357 e. The molecule has 1 heterocycles. The number of guanidine groups is 2. The topological polar surface area (TPSA) is 79.4 Å². The van der Waals surface area contributed by atoms with Crippen LogP contribution in [0.15, 0.2) is 29.3 Å². The molecule has 20 heavy (non-hydrogen) atoms. The Hall–Kier alpha value is -1.75. The summed E-state index contributed by atoms with van der Waals surface area (Å²) in [6.07, 6.45) is 0.832. The smallest absolute Gasteiger partial charge is 0.357 e. The number of nitrogens with one attached hydrogen (secondary N) is 1. The molecular formula is C14H21ClN5+. The summed E-state index contributed by atoms with van der Waals surface area (Å²) in [5.74, 6) is 1.27. The van der Waals surface area contributed by atoms with Crippen molar-refractivity contribution in [2.24, 2.45) is 22.4 Å². The number of rotatable bonds is 3. The van der Waals surface area contributed by atoms with Crippen molar-refractivity contribution in [2.75, 3.05) is 0 Å². The molecule has 108 valence electrons. The van der Waals surface area contributed by atoms with E-state index in [1.165, 1.54) is 0 Å². The van der Waals surface area contributed by atoms with E-state index in [0.29, 0.717) is 22.9 Å². The first-order valence-electron chi connectivity index (χ1n) is 6.62. The first-order chi connectivity index (χ1) is 9.32. The van der Waals surface area contributed by atoms with E-state index in [-0.39, 0.29) is 0 Å². The highest BCUT2D eigenvalue weighted by atomic mass is 35.5. The molecule has 5 nitrogen and oxygen atoms in total. The first-order valence-corrected chi connectivity index (χ1v) is 7.00. The second kappa shape index (κ2) is 5.32. The second-order valence-corrected chi connectivity index (χ2v) is 6.07. The van der Waals surface area contributed by atoms with Crippen molar-refractivity contribution in [1.29, 1.82) is 0 Å². The lowest BCUT2D eigenvalue weighted by Gasteiger charge is -2.33. The Labute approximate surface area is 124 Å². The maximum absolute atomic E-state index is 6.13. The highest BCUT2D eigenvalue weighted by molar-refractivity contribution is 6.30. The van der Waals surface area contributed by atoms with E-state index >= 15 is 0 Å². The molecule has 0 fully saturated rings. The van der Waals surface area contributed by atoms with Gasteiger partial charge >= 0.3 is 5.96 Å². The minimum Gasteiger partial charge on any atom is -0.357 e. The minimum absolute atomic E-state index is 0.343. The lowest BCUT2D eigenvalue weighted by Crippen LogP contribution is -2.57. The molecule has 0 aromatic heterocycles. The molecule has 1 aliphatic rings. The van der Waals surface area contributed by atoms with E-state index in [1.54, 1.807) is 0 Å². The number of nitrogens with two attached hydrogens (primary N) is 2. The lowest BCUT2D eigenvalue weighted by atomic mass is 9.97. The third-order valence-corrected chi connectivity index (χ3v) is 3.47. The Morgan fingerprint density at radius 2 is 1.90 bits per heavy atom. The van der Waals surface area contributed by atoms with Crippen LogP contribution in [0.2, 0.25) is 5.02 Å². The van der Waals surface area contributed by atoms with Gasteiger partial charge in [0.1, 0.15) is 5.69 Å². The summed E-state index contributed by atoms with van der Waals surface area (Å²) >= 11 is 5.95. The lowest BCUT2D eigenvalue weighted by molar-refractivity contribution is -0.535. The van der Waals surface area contributed by atoms with E-state index in [1.807, 2.05) is 35.8 Å². The molecule has 1 unspecified atom stereocenters. The Morgan fingerprint density at radius 1 is 1.30 bits per heavy atom. The molecule has 1 aliphatic heterocycles. The number of hydrogen-bond acceptors (Lipinski definition) is 4. The predicted molar refractivity (Wildman–Crippen MR) is 83.2 cm³/mol. The summed E-state index contributed by atoms with van der Waals surface area (Å²) in [7, 11) is 0. The molecule has 1 aromatic carbocycles. The highest BCUT2D eigenvalue weighted by Crippen LogP contribution is 2.30. The van der Waals surface area contributed by atoms with E-state index in [0.717, 1.165) is 12.1 Å². The summed E-state index contributed by atoms with van der Waals surface area (Å²) in [6, 6.07) is 7.52. The third-order valence-electron chi connectivity index (χ3n) is 3.22. The van der Waals surface area contributed by atoms with Crippen LogP contribution in [0.4, 0.5) is 5.69 Å². The summed E-state index contributed by atoms with van der Waals surface area (Å²) in [5.41, 5.74) is 12.4. The van der Waals surface area contributed by atoms with E-state index < -0.39 is 5.66 Å². The van der Waals surface area contributed by atoms with Crippen LogP contribution >= 0.6 is 11.6 Å². The summed E-state index contributed by atoms with van der Waals surface area (Å²) in [4.78, 5) is 4.56. The molecule has 0 spiro atoms. The van der Waals surface area contributed by atoms with Gasteiger partial charge in [0.25, 0.3) is 5.96 Å². The summed E-state index contributed by atoms with van der Waals surface area (Å²) in [5, 5.41) is 3.57. The molecule has 1 aromatic rings. The molecule has 0 radical (unpaired) electrons. The number of aliphatic imine (C=N–C) groups is 1. The van der Waals surface area contributed by atoms with Gasteiger partial charge < -0.3 is 5.73 Å². The quantitative estimate of drug-likeness (QED) is 0.746. The molecule has 0 amide bonds. The zero-order valence-corrected chi connectivity index (χ0v) is 12.8. The van der Waals surface area contributed by atoms with Crippen LogP contribution < -0.4 is 16.8 Å². The fourth-order valence-corrected chi connectivity index (χ4v) is 2.83. The van der Waals surface area contributed by atoms with Crippen LogP contribution in [0, 0.1) is 5.92 Å². The van der Waals surface area contributed by atoms with E-state index in [4.69, 9.17) is 23.1 Å². The minimum atomic E-state index is -0.512. The Kier molecular flexibility index (Phi) is 3.90. The molecule has 0 bridgehead atoms. The van der Waals surface area contributed by atoms with Crippen LogP contribution in [0.5, 0.6) is 0 Å². The zero-order valence-electron chi connectivity index (χ0n) is 12.0. The Morgan fingerprint density at radius 3 is 2.45 bits per heavy atom. The first kappa shape index (κ1) is 14.7. The average molecular weight is 295 g/mol. The Bertz CT molecular complexity index is 561. The molecule has 0 saturated carbocycles. The maximum Gasteiger partial charge on any atom is 0.357 e. The molecule has 0 aliphatic carbocycles. The van der Waals surface area contributed by atoms with Gasteiger partial charge in [0.15, 0.2) is 5.66 Å². The Balaban J connectivity index is 2.51. The molecule has 2 rings (SSSR count). The van der Waals surface area contributed by atoms with Crippen molar-refractivity contribution in [1.82, 2.24) is 5.32 Å². The van der Waals surface area contributed by atoms with Crippen LogP contribution in [0.25, 0.3) is 0 Å². The molecule has 6 heteroatoms. The fraction of sp³-hybridized carbons (Fsp3) is 0.429. The van der Waals surface area contributed by atoms with Gasteiger partial charge in [-0.15, -0.1) is 0 Å². The third kappa shape index (κ3) is 2.88. The van der Waals surface area contributed by atoms with Crippen LogP contribution in [0.3, 0.4) is 0 Å². The molecule has 0 saturated heterocycles. The monoisotopic (exact) mass is 294 g/mol. The van der Waals surface area contributed by atoms with Gasteiger partial charge in [0, 0.05) is 11.4 Å². The van der Waals surface area contributed by atoms with Gasteiger partial charge in [-0.3, -0.25) is 5.73 Å². The van der Waals surface area contributed by atoms with Gasteiger partial charge in [-0.25, -0.2) is 9.89 Å². The van der Waals surface area contributed by atoms with Crippen molar-refractivity contribution in [2.45, 2.75) is 32.9 Å². The number of benzene rings is 1. The van der Waals surface area contributed by atoms with Crippen molar-refractivity contribution < 1.29 is 4.58 Å². The molecule has 1 atom stereocenters. The van der Waals surface area contributed by atoms with Crippen molar-refractivity contribution in [3.8, 4) is 0 Å². The SMILES string of the molecule is CC(C)CC1(C)N=C(N)NC(N)=[N+]1c1ccc(Cl)cc1. The van der Waals surface area contributed by atoms with E-state index in [2.05, 4.69) is 24.2 Å². The van der Waals surface area contributed by atoms with Gasteiger partial charge in [-0.05, 0) is 37.1 Å². The zero-order chi connectivity index (χ0) is 14.9. The molecular weight excluding hydrogens is 274 g/mol. The maximum atomic E-state index is 6.13. The summed E-state index contributed by atoms with van der Waals surface area (Å²) in [6.45, 7) is 6.33. The molecule has 5 N–H and O–H groups in total. The van der Waals surface area contributed by atoms with E-state index in [9.17, 15) is 0 Å².